The third kappa shape index (κ3) is 62.3. The zero-order valence-corrected chi connectivity index (χ0v) is 53.8. The van der Waals surface area contributed by atoms with Crippen molar-refractivity contribution >= 4 is 13.7 Å². The topological polar surface area (TPSA) is 105 Å². The third-order valence-electron chi connectivity index (χ3n) is 15.8. The number of aliphatic hydroxyl groups is 1. The molecule has 0 aromatic carbocycles. The van der Waals surface area contributed by atoms with Crippen molar-refractivity contribution in [3.8, 4) is 0 Å². The Bertz CT molecular complexity index is 1360. The lowest BCUT2D eigenvalue weighted by Gasteiger charge is -2.25. The van der Waals surface area contributed by atoms with Crippen LogP contribution >= 0.6 is 7.82 Å². The van der Waals surface area contributed by atoms with Gasteiger partial charge in [-0.15, -0.1) is 0 Å². The standard InChI is InChI=1S/C69H135N2O6P/c1-6-8-10-12-14-16-18-20-22-24-26-27-28-29-30-31-32-33-34-35-36-37-38-39-40-41-42-43-45-47-49-51-53-55-57-59-61-63-69(73)70-67(66-77-78(74,75)76-65-64-71(3,4)5)68(72)62-60-58-56-54-52-50-48-46-44-25-23-21-19-17-15-13-11-9-7-2/h24,26,52,54,60,62,67-68,72H,6-23,25,27-51,53,55-59,61,63-66H2,1-5H3,(H-,70,73,74,75)/p+1/b26-24-,54-52+,62-60+. The molecule has 0 saturated heterocycles. The number of carbonyl (C=O) groups is 1. The van der Waals surface area contributed by atoms with Crippen molar-refractivity contribution in [1.82, 2.24) is 5.32 Å². The number of nitrogens with zero attached hydrogens (tertiary/aromatic N) is 1. The fourth-order valence-electron chi connectivity index (χ4n) is 10.5. The van der Waals surface area contributed by atoms with Crippen LogP contribution in [0, 0.1) is 0 Å². The average Bonchev–Trinajstić information content (AvgIpc) is 3.41. The van der Waals surface area contributed by atoms with Gasteiger partial charge < -0.3 is 19.8 Å². The predicted octanol–water partition coefficient (Wildman–Crippen LogP) is 21.7. The van der Waals surface area contributed by atoms with Crippen molar-refractivity contribution < 1.29 is 32.9 Å². The van der Waals surface area contributed by atoms with Crippen LogP contribution < -0.4 is 5.32 Å². The number of nitrogens with one attached hydrogen (secondary N) is 1. The van der Waals surface area contributed by atoms with E-state index in [1.807, 2.05) is 27.2 Å². The second kappa shape index (κ2) is 60.3. The van der Waals surface area contributed by atoms with Crippen LogP contribution in [0.3, 0.4) is 0 Å². The minimum absolute atomic E-state index is 0.0582. The van der Waals surface area contributed by atoms with Gasteiger partial charge in [-0.1, -0.05) is 320 Å². The smallest absolute Gasteiger partial charge is 0.387 e. The zero-order chi connectivity index (χ0) is 57.0. The van der Waals surface area contributed by atoms with E-state index in [9.17, 15) is 19.4 Å². The molecule has 0 aliphatic carbocycles. The van der Waals surface area contributed by atoms with Gasteiger partial charge in [0.25, 0.3) is 0 Å². The first-order valence-electron chi connectivity index (χ1n) is 34.4. The van der Waals surface area contributed by atoms with E-state index in [-0.39, 0.29) is 19.1 Å². The van der Waals surface area contributed by atoms with Crippen LogP contribution in [0.4, 0.5) is 0 Å². The molecule has 0 bridgehead atoms. The van der Waals surface area contributed by atoms with Crippen LogP contribution in [0.2, 0.25) is 0 Å². The van der Waals surface area contributed by atoms with Crippen LogP contribution in [0.1, 0.15) is 348 Å². The molecule has 0 aliphatic heterocycles. The van der Waals surface area contributed by atoms with Gasteiger partial charge in [-0.25, -0.2) is 4.57 Å². The van der Waals surface area contributed by atoms with Crippen molar-refractivity contribution in [2.24, 2.45) is 0 Å². The molecule has 78 heavy (non-hydrogen) atoms. The molecular weight excluding hydrogens is 984 g/mol. The maximum absolute atomic E-state index is 13.0. The Kier molecular flexibility index (Phi) is 59.3. The zero-order valence-electron chi connectivity index (χ0n) is 52.9. The van der Waals surface area contributed by atoms with E-state index in [1.54, 1.807) is 6.08 Å². The number of carbonyl (C=O) groups excluding carboxylic acids is 1. The summed E-state index contributed by atoms with van der Waals surface area (Å²) < 4.78 is 23.8. The average molecular weight is 1120 g/mol. The quantitative estimate of drug-likeness (QED) is 0.0243. The minimum Gasteiger partial charge on any atom is -0.387 e. The fraction of sp³-hybridized carbons (Fsp3) is 0.899. The number of phosphoric acid groups is 1. The van der Waals surface area contributed by atoms with Crippen molar-refractivity contribution in [1.29, 1.82) is 0 Å². The molecule has 0 aliphatic rings. The van der Waals surface area contributed by atoms with E-state index in [1.165, 1.54) is 289 Å². The molecule has 1 amide bonds. The van der Waals surface area contributed by atoms with Crippen LogP contribution in [-0.2, 0) is 18.4 Å². The molecule has 3 unspecified atom stereocenters. The molecule has 0 rings (SSSR count). The summed E-state index contributed by atoms with van der Waals surface area (Å²) in [5.74, 6) is -0.180. The largest absolute Gasteiger partial charge is 0.472 e. The first-order valence-corrected chi connectivity index (χ1v) is 35.9. The molecule has 9 heteroatoms. The van der Waals surface area contributed by atoms with Crippen molar-refractivity contribution in [2.75, 3.05) is 40.9 Å². The summed E-state index contributed by atoms with van der Waals surface area (Å²) in [6.45, 7) is 4.84. The molecule has 8 nitrogen and oxygen atoms in total. The number of unbranched alkanes of at least 4 members (excludes halogenated alkanes) is 47. The molecule has 0 aromatic rings. The SMILES string of the molecule is CCCCCCCCCC/C=C\CCCCCCCCCCCCCCCCCCCCCCCCCCCC(=O)NC(COP(=O)(O)OCC[N+](C)(C)C)C(O)/C=C/CC/C=C/CCCCCCCCCCCCCCC. The molecule has 0 spiro atoms. The van der Waals surface area contributed by atoms with E-state index >= 15 is 0 Å². The van der Waals surface area contributed by atoms with Crippen LogP contribution in [0.15, 0.2) is 36.5 Å². The van der Waals surface area contributed by atoms with E-state index < -0.39 is 20.0 Å². The van der Waals surface area contributed by atoms with E-state index in [2.05, 4.69) is 43.5 Å². The molecule has 462 valence electrons. The molecule has 0 heterocycles. The Morgan fingerprint density at radius 1 is 0.423 bits per heavy atom. The molecule has 3 N–H and O–H groups in total. The summed E-state index contributed by atoms with van der Waals surface area (Å²) in [7, 11) is 1.57. The summed E-state index contributed by atoms with van der Waals surface area (Å²) in [4.78, 5) is 23.4. The number of quaternary nitrogens is 1. The van der Waals surface area contributed by atoms with Gasteiger partial charge in [0.2, 0.25) is 5.91 Å². The summed E-state index contributed by atoms with van der Waals surface area (Å²) in [6.07, 6.45) is 80.2. The number of phosphoric ester groups is 1. The van der Waals surface area contributed by atoms with E-state index in [4.69, 9.17) is 9.05 Å². The molecular formula is C69H136N2O6P+. The highest BCUT2D eigenvalue weighted by Crippen LogP contribution is 2.43. The fourth-order valence-corrected chi connectivity index (χ4v) is 11.2. The Labute approximate surface area is 487 Å². The molecule has 0 aromatic heterocycles. The number of aliphatic hydroxyl groups excluding tert-OH is 1. The highest BCUT2D eigenvalue weighted by molar-refractivity contribution is 7.47. The Morgan fingerprint density at radius 2 is 0.705 bits per heavy atom. The highest BCUT2D eigenvalue weighted by Gasteiger charge is 2.28. The summed E-state index contributed by atoms with van der Waals surface area (Å²) in [6, 6.07) is -0.862. The maximum Gasteiger partial charge on any atom is 0.472 e. The second-order valence-electron chi connectivity index (χ2n) is 24.9. The van der Waals surface area contributed by atoms with E-state index in [0.717, 1.165) is 38.5 Å². The summed E-state index contributed by atoms with van der Waals surface area (Å²) >= 11 is 0. The van der Waals surface area contributed by atoms with Gasteiger partial charge in [0, 0.05) is 6.42 Å². The van der Waals surface area contributed by atoms with Crippen molar-refractivity contribution in [3.63, 3.8) is 0 Å². The van der Waals surface area contributed by atoms with Gasteiger partial charge in [-0.05, 0) is 57.8 Å². The van der Waals surface area contributed by atoms with Crippen LogP contribution in [-0.4, -0.2) is 73.4 Å². The van der Waals surface area contributed by atoms with Gasteiger partial charge in [0.1, 0.15) is 13.2 Å². The van der Waals surface area contributed by atoms with Gasteiger partial charge >= 0.3 is 7.82 Å². The number of rotatable bonds is 64. The lowest BCUT2D eigenvalue weighted by Crippen LogP contribution is -2.45. The normalized spacial score (nSPS) is 13.9. The molecule has 0 saturated carbocycles. The van der Waals surface area contributed by atoms with Gasteiger partial charge in [-0.2, -0.15) is 0 Å². The van der Waals surface area contributed by atoms with Crippen LogP contribution in [0.5, 0.6) is 0 Å². The van der Waals surface area contributed by atoms with Crippen molar-refractivity contribution in [2.45, 2.75) is 360 Å². The molecule has 3 atom stereocenters. The first kappa shape index (κ1) is 76.7. The first-order chi connectivity index (χ1) is 38.0. The van der Waals surface area contributed by atoms with Gasteiger partial charge in [-0.3, -0.25) is 13.8 Å². The second-order valence-corrected chi connectivity index (χ2v) is 26.4. The highest BCUT2D eigenvalue weighted by atomic mass is 31.2. The predicted molar refractivity (Wildman–Crippen MR) is 341 cm³/mol. The monoisotopic (exact) mass is 1120 g/mol. The Hall–Kier alpha value is -1.28. The molecule has 0 radical (unpaired) electrons. The van der Waals surface area contributed by atoms with Crippen LogP contribution in [0.25, 0.3) is 0 Å². The number of hydrogen-bond donors (Lipinski definition) is 3. The Balaban J connectivity index is 3.97. The van der Waals surface area contributed by atoms with E-state index in [0.29, 0.717) is 17.4 Å². The number of allylic oxidation sites excluding steroid dienone is 5. The number of likely N-dealkylation sites (N-methyl/N-ethyl adjacent to an activating group) is 1. The molecule has 0 fully saturated rings. The van der Waals surface area contributed by atoms with Crippen molar-refractivity contribution in [3.05, 3.63) is 36.5 Å². The minimum atomic E-state index is -4.36. The number of amides is 1. The summed E-state index contributed by atoms with van der Waals surface area (Å²) in [5.41, 5.74) is 0. The third-order valence-corrected chi connectivity index (χ3v) is 16.8. The lowest BCUT2D eigenvalue weighted by atomic mass is 10.0. The van der Waals surface area contributed by atoms with Gasteiger partial charge in [0.05, 0.1) is 39.9 Å². The maximum atomic E-state index is 13.0. The Morgan fingerprint density at radius 3 is 1.03 bits per heavy atom. The number of hydrogen-bond acceptors (Lipinski definition) is 5. The summed E-state index contributed by atoms with van der Waals surface area (Å²) in [5, 5.41) is 14.0. The lowest BCUT2D eigenvalue weighted by molar-refractivity contribution is -0.870. The van der Waals surface area contributed by atoms with Gasteiger partial charge in [0.15, 0.2) is 0 Å².